The van der Waals surface area contributed by atoms with Gasteiger partial charge in [-0.2, -0.15) is 5.10 Å². The molecule has 4 rings (SSSR count). The summed E-state index contributed by atoms with van der Waals surface area (Å²) in [7, 11) is 0. The van der Waals surface area contributed by atoms with Crippen LogP contribution in [0.5, 0.6) is 0 Å². The van der Waals surface area contributed by atoms with Gasteiger partial charge in [-0.15, -0.1) is 0 Å². The number of rotatable bonds is 7. The van der Waals surface area contributed by atoms with Crippen LogP contribution in [0.15, 0.2) is 76.8 Å². The molecule has 4 aromatic rings. The molecule has 2 heterocycles. The van der Waals surface area contributed by atoms with Crippen molar-refractivity contribution in [1.29, 1.82) is 0 Å². The van der Waals surface area contributed by atoms with Gasteiger partial charge in [0.2, 0.25) is 0 Å². The van der Waals surface area contributed by atoms with Crippen molar-refractivity contribution in [3.63, 3.8) is 0 Å². The zero-order valence-corrected chi connectivity index (χ0v) is 21.7. The molecule has 0 radical (unpaired) electrons. The van der Waals surface area contributed by atoms with E-state index >= 15 is 0 Å². The first-order chi connectivity index (χ1) is 14.5. The summed E-state index contributed by atoms with van der Waals surface area (Å²) in [6.45, 7) is 1.93. The second-order valence-electron chi connectivity index (χ2n) is 6.31. The zero-order valence-electron chi connectivity index (χ0n) is 16.4. The van der Waals surface area contributed by atoms with Crippen molar-refractivity contribution in [3.8, 4) is 11.3 Å². The van der Waals surface area contributed by atoms with E-state index in [1.54, 1.807) is 12.1 Å². The van der Waals surface area contributed by atoms with Crippen LogP contribution in [0.1, 0.15) is 5.69 Å². The van der Waals surface area contributed by atoms with Crippen molar-refractivity contribution in [1.82, 2.24) is 20.2 Å². The van der Waals surface area contributed by atoms with Crippen molar-refractivity contribution in [3.05, 3.63) is 72.4 Å². The normalized spacial score (nSPS) is 11.4. The molecule has 0 bridgehead atoms. The summed E-state index contributed by atoms with van der Waals surface area (Å²) in [4.78, 5) is 10.2. The molecule has 0 saturated heterocycles. The van der Waals surface area contributed by atoms with Gasteiger partial charge in [0, 0.05) is 45.2 Å². The Morgan fingerprint density at radius 3 is 2.39 bits per heavy atom. The van der Waals surface area contributed by atoms with Gasteiger partial charge in [-0.1, -0.05) is 30.3 Å². The summed E-state index contributed by atoms with van der Waals surface area (Å²) >= 11 is -0.973. The quantitative estimate of drug-likeness (QED) is 0.221. The molecule has 1 unspecified atom stereocenters. The van der Waals surface area contributed by atoms with Gasteiger partial charge in [-0.3, -0.25) is 9.31 Å². The monoisotopic (exact) mass is 578 g/mol. The summed E-state index contributed by atoms with van der Waals surface area (Å²) in [6, 6.07) is 20.6. The van der Waals surface area contributed by atoms with Crippen LogP contribution in [-0.2, 0) is 11.3 Å². The van der Waals surface area contributed by atoms with Gasteiger partial charge in [0.1, 0.15) is 5.82 Å². The number of benzene rings is 2. The van der Waals surface area contributed by atoms with Gasteiger partial charge in [-0.05, 0) is 43.0 Å². The first kappa shape index (κ1) is 23.8. The Hall–Kier alpha value is -1.85. The van der Waals surface area contributed by atoms with E-state index in [0.29, 0.717) is 22.5 Å². The van der Waals surface area contributed by atoms with Gasteiger partial charge in [0.05, 0.1) is 5.69 Å². The van der Waals surface area contributed by atoms with Crippen molar-refractivity contribution in [2.24, 2.45) is 0 Å². The van der Waals surface area contributed by atoms with Gasteiger partial charge < -0.3 is 14.6 Å². The molecule has 11 heteroatoms. The molecule has 0 fully saturated rings. The summed E-state index contributed by atoms with van der Waals surface area (Å²) in [5.74, 6) is 1.29. The number of aromatic nitrogens is 4. The maximum absolute atomic E-state index is 10.8. The number of H-pyrrole nitrogens is 1. The smallest absolute Gasteiger partial charge is 0.755 e. The molecule has 0 aliphatic carbocycles. The Kier molecular flexibility index (Phi) is 8.56. The Morgan fingerprint density at radius 2 is 1.74 bits per heavy atom. The van der Waals surface area contributed by atoms with E-state index in [4.69, 9.17) is 0 Å². The van der Waals surface area contributed by atoms with Crippen LogP contribution in [-0.4, -0.2) is 28.9 Å². The van der Waals surface area contributed by atoms with Gasteiger partial charge in [-0.25, -0.2) is 9.97 Å². The number of hydrogen-bond donors (Lipinski definition) is 3. The molecule has 2 aromatic carbocycles. The minimum atomic E-state index is -2.35. The van der Waals surface area contributed by atoms with E-state index in [1.165, 1.54) is 11.8 Å². The fraction of sp³-hybridized carbons (Fsp3) is 0.0500. The predicted octanol–water partition coefficient (Wildman–Crippen LogP) is 4.28. The Labute approximate surface area is 219 Å². The summed E-state index contributed by atoms with van der Waals surface area (Å²) in [5, 5.41) is 10.9. The maximum Gasteiger partial charge on any atom is 3.00 e. The molecule has 0 spiro atoms. The molecule has 0 aliphatic heterocycles. The molecule has 152 valence electrons. The number of hydrogen-bond acceptors (Lipinski definition) is 7. The van der Waals surface area contributed by atoms with E-state index in [9.17, 15) is 8.76 Å². The number of aryl methyl sites for hydroxylation is 1. The Balaban J connectivity index is 0.00000272. The predicted molar refractivity (Wildman–Crippen MR) is 117 cm³/mol. The molecule has 31 heavy (non-hydrogen) atoms. The second kappa shape index (κ2) is 11.1. The van der Waals surface area contributed by atoms with Crippen LogP contribution in [0.4, 0.5) is 17.3 Å². The van der Waals surface area contributed by atoms with E-state index in [-0.39, 0.29) is 41.3 Å². The van der Waals surface area contributed by atoms with Crippen LogP contribution in [0, 0.1) is 48.2 Å². The number of nitrogens with zero attached hydrogens (tertiary/aromatic N) is 3. The van der Waals surface area contributed by atoms with Crippen LogP contribution in [0.3, 0.4) is 0 Å². The van der Waals surface area contributed by atoms with Gasteiger partial charge in [0.25, 0.3) is 0 Å². The van der Waals surface area contributed by atoms with Crippen molar-refractivity contribution >= 4 is 40.4 Å². The summed E-state index contributed by atoms with van der Waals surface area (Å²) in [5.41, 5.74) is 3.18. The summed E-state index contributed by atoms with van der Waals surface area (Å²) < 4.78 is 23.8. The molecule has 8 nitrogen and oxygen atoms in total. The minimum Gasteiger partial charge on any atom is -0.755 e. The largest absolute Gasteiger partial charge is 3.00 e. The maximum atomic E-state index is 10.8. The van der Waals surface area contributed by atoms with Gasteiger partial charge >= 0.3 is 41.3 Å². The van der Waals surface area contributed by atoms with Crippen LogP contribution < -0.4 is 10.0 Å². The third-order valence-corrected chi connectivity index (χ3v) is 5.28. The number of aromatic amines is 1. The zero-order chi connectivity index (χ0) is 20.9. The van der Waals surface area contributed by atoms with E-state index in [0.717, 1.165) is 21.8 Å². The van der Waals surface area contributed by atoms with Crippen LogP contribution >= 0.6 is 11.8 Å². The standard InChI is InChI=1S/C20H18N6O2S2.Pr/c1-13-11-19(25-24-13)22-18-12-17(14-5-3-2-4-6-14)21-20(23-18)29-16-9-7-15(8-10-16)26-30(27)28;/h2-12,26H,1H3,(H,27,28)(H2,21,22,23,24,25);/q;+3/p-1. The van der Waals surface area contributed by atoms with E-state index < -0.39 is 11.3 Å². The molecule has 0 aliphatic rings. The van der Waals surface area contributed by atoms with Crippen molar-refractivity contribution < 1.29 is 50.1 Å². The van der Waals surface area contributed by atoms with Crippen molar-refractivity contribution in [2.75, 3.05) is 10.0 Å². The van der Waals surface area contributed by atoms with Gasteiger partial charge in [0.15, 0.2) is 11.0 Å². The topological polar surface area (TPSA) is 119 Å². The molecular weight excluding hydrogens is 561 g/mol. The Bertz CT molecular complexity index is 1170. The summed E-state index contributed by atoms with van der Waals surface area (Å²) in [6.07, 6.45) is 0. The average molecular weight is 578 g/mol. The molecule has 0 saturated carbocycles. The van der Waals surface area contributed by atoms with E-state index in [1.807, 2.05) is 61.5 Å². The van der Waals surface area contributed by atoms with E-state index in [2.05, 4.69) is 30.2 Å². The number of nitrogens with one attached hydrogen (secondary N) is 3. The number of anilines is 3. The first-order valence-electron chi connectivity index (χ1n) is 8.92. The fourth-order valence-corrected chi connectivity index (χ4v) is 3.80. The third-order valence-electron chi connectivity index (χ3n) is 4.00. The molecule has 1 atom stereocenters. The third kappa shape index (κ3) is 6.82. The molecule has 2 aromatic heterocycles. The van der Waals surface area contributed by atoms with Crippen molar-refractivity contribution in [2.45, 2.75) is 17.0 Å². The molecular formula is C20H17N6O2PrS2+2. The van der Waals surface area contributed by atoms with Crippen LogP contribution in [0.2, 0.25) is 0 Å². The fourth-order valence-electron chi connectivity index (χ4n) is 2.70. The average Bonchev–Trinajstić information content (AvgIpc) is 3.14. The van der Waals surface area contributed by atoms with Crippen LogP contribution in [0.25, 0.3) is 11.3 Å². The second-order valence-corrected chi connectivity index (χ2v) is 8.03. The SMILES string of the molecule is Cc1cc(Nc2cc(-c3ccccc3)nc(Sc3ccc(NS(=O)[O-])cc3)n2)n[nH]1.[Pr+3]. The Morgan fingerprint density at radius 1 is 1.00 bits per heavy atom. The minimum absolute atomic E-state index is 0. The molecule has 0 amide bonds. The first-order valence-corrected chi connectivity index (χ1v) is 10.8. The molecule has 3 N–H and O–H groups in total.